The second kappa shape index (κ2) is 8.70. The minimum Gasteiger partial charge on any atom is -0.493 e. The van der Waals surface area contributed by atoms with Crippen LogP contribution in [0.15, 0.2) is 47.8 Å². The summed E-state index contributed by atoms with van der Waals surface area (Å²) in [6, 6.07) is 11.7. The number of amides is 1. The third-order valence-corrected chi connectivity index (χ3v) is 5.13. The van der Waals surface area contributed by atoms with E-state index < -0.39 is 4.92 Å². The molecule has 8 nitrogen and oxygen atoms in total. The average Bonchev–Trinajstić information content (AvgIpc) is 3.23. The highest BCUT2D eigenvalue weighted by atomic mass is 32.1. The van der Waals surface area contributed by atoms with Crippen LogP contribution in [-0.4, -0.2) is 42.0 Å². The molecule has 0 atom stereocenters. The van der Waals surface area contributed by atoms with Gasteiger partial charge in [-0.1, -0.05) is 12.1 Å². The molecule has 0 fully saturated rings. The SMILES string of the molecule is COc1ccc(-c2nc(C(=O)N(C)Cc3cccc([N+](=O)[O-])c3)cs2)cc1OC. The van der Waals surface area contributed by atoms with Gasteiger partial charge in [0.15, 0.2) is 11.5 Å². The Bertz CT molecular complexity index is 1050. The van der Waals surface area contributed by atoms with Gasteiger partial charge in [-0.25, -0.2) is 4.98 Å². The number of hydrogen-bond acceptors (Lipinski definition) is 7. The van der Waals surface area contributed by atoms with Gasteiger partial charge in [-0.15, -0.1) is 11.3 Å². The molecule has 29 heavy (non-hydrogen) atoms. The van der Waals surface area contributed by atoms with Crippen molar-refractivity contribution in [3.05, 3.63) is 69.2 Å². The minimum absolute atomic E-state index is 0.00672. The Kier molecular flexibility index (Phi) is 6.08. The molecule has 3 rings (SSSR count). The van der Waals surface area contributed by atoms with Crippen LogP contribution >= 0.6 is 11.3 Å². The number of nitrogens with zero attached hydrogens (tertiary/aromatic N) is 3. The number of rotatable bonds is 7. The van der Waals surface area contributed by atoms with Gasteiger partial charge in [0, 0.05) is 36.7 Å². The van der Waals surface area contributed by atoms with Crippen molar-refractivity contribution >= 4 is 22.9 Å². The number of ether oxygens (including phenoxy) is 2. The molecular formula is C20H19N3O5S. The number of aromatic nitrogens is 1. The van der Waals surface area contributed by atoms with E-state index in [1.54, 1.807) is 50.9 Å². The summed E-state index contributed by atoms with van der Waals surface area (Å²) in [4.78, 5) is 29.1. The molecule has 0 aliphatic heterocycles. The molecule has 0 radical (unpaired) electrons. The van der Waals surface area contributed by atoms with Crippen LogP contribution in [0.5, 0.6) is 11.5 Å². The van der Waals surface area contributed by atoms with Crippen molar-refractivity contribution in [2.45, 2.75) is 6.54 Å². The highest BCUT2D eigenvalue weighted by molar-refractivity contribution is 7.13. The van der Waals surface area contributed by atoms with Gasteiger partial charge in [0.2, 0.25) is 0 Å². The molecule has 2 aromatic carbocycles. The summed E-state index contributed by atoms with van der Waals surface area (Å²) in [6.07, 6.45) is 0. The van der Waals surface area contributed by atoms with E-state index in [-0.39, 0.29) is 18.1 Å². The third kappa shape index (κ3) is 4.52. The molecule has 3 aromatic rings. The zero-order chi connectivity index (χ0) is 21.0. The monoisotopic (exact) mass is 413 g/mol. The smallest absolute Gasteiger partial charge is 0.273 e. The van der Waals surface area contributed by atoms with Gasteiger partial charge in [-0.2, -0.15) is 0 Å². The van der Waals surface area contributed by atoms with Crippen molar-refractivity contribution in [1.29, 1.82) is 0 Å². The molecule has 1 heterocycles. The number of carbonyl (C=O) groups excluding carboxylic acids is 1. The van der Waals surface area contributed by atoms with Crippen LogP contribution in [0.4, 0.5) is 5.69 Å². The molecule has 0 N–H and O–H groups in total. The normalized spacial score (nSPS) is 10.4. The molecule has 1 amide bonds. The molecule has 0 saturated carbocycles. The molecule has 0 bridgehead atoms. The lowest BCUT2D eigenvalue weighted by atomic mass is 10.2. The van der Waals surface area contributed by atoms with E-state index >= 15 is 0 Å². The molecule has 0 saturated heterocycles. The van der Waals surface area contributed by atoms with Crippen LogP contribution in [0.2, 0.25) is 0 Å². The number of thiazole rings is 1. The Morgan fingerprint density at radius 2 is 1.93 bits per heavy atom. The number of methoxy groups -OCH3 is 2. The van der Waals surface area contributed by atoms with Crippen LogP contribution in [0.25, 0.3) is 10.6 Å². The lowest BCUT2D eigenvalue weighted by Crippen LogP contribution is -2.26. The Morgan fingerprint density at radius 1 is 1.17 bits per heavy atom. The fourth-order valence-corrected chi connectivity index (χ4v) is 3.57. The molecule has 9 heteroatoms. The fourth-order valence-electron chi connectivity index (χ4n) is 2.78. The zero-order valence-electron chi connectivity index (χ0n) is 16.1. The predicted octanol–water partition coefficient (Wildman–Crippen LogP) is 4.01. The van der Waals surface area contributed by atoms with Gasteiger partial charge in [0.05, 0.1) is 19.1 Å². The lowest BCUT2D eigenvalue weighted by Gasteiger charge is -2.15. The van der Waals surface area contributed by atoms with Crippen LogP contribution in [0, 0.1) is 10.1 Å². The second-order valence-corrected chi connectivity index (χ2v) is 7.05. The molecule has 1 aromatic heterocycles. The van der Waals surface area contributed by atoms with Gasteiger partial charge >= 0.3 is 0 Å². The summed E-state index contributed by atoms with van der Waals surface area (Å²) in [7, 11) is 4.76. The highest BCUT2D eigenvalue weighted by Gasteiger charge is 2.18. The van der Waals surface area contributed by atoms with Crippen molar-refractivity contribution in [3.63, 3.8) is 0 Å². The largest absolute Gasteiger partial charge is 0.493 e. The summed E-state index contributed by atoms with van der Waals surface area (Å²) in [6.45, 7) is 0.240. The zero-order valence-corrected chi connectivity index (χ0v) is 16.9. The Labute approximate surface area is 171 Å². The van der Waals surface area contributed by atoms with Gasteiger partial charge in [0.1, 0.15) is 10.7 Å². The maximum atomic E-state index is 12.7. The van der Waals surface area contributed by atoms with E-state index in [2.05, 4.69) is 4.98 Å². The summed E-state index contributed by atoms with van der Waals surface area (Å²) in [5.74, 6) is 0.927. The van der Waals surface area contributed by atoms with Gasteiger partial charge in [-0.3, -0.25) is 14.9 Å². The van der Waals surface area contributed by atoms with Crippen molar-refractivity contribution in [2.24, 2.45) is 0 Å². The summed E-state index contributed by atoms with van der Waals surface area (Å²) < 4.78 is 10.5. The van der Waals surface area contributed by atoms with E-state index in [1.807, 2.05) is 6.07 Å². The molecular weight excluding hydrogens is 394 g/mol. The quantitative estimate of drug-likeness (QED) is 0.429. The fraction of sp³-hybridized carbons (Fsp3) is 0.200. The van der Waals surface area contributed by atoms with Gasteiger partial charge in [-0.05, 0) is 23.8 Å². The number of benzene rings is 2. The molecule has 0 spiro atoms. The molecule has 0 aliphatic rings. The van der Waals surface area contributed by atoms with E-state index in [9.17, 15) is 14.9 Å². The topological polar surface area (TPSA) is 94.8 Å². The number of hydrogen-bond donors (Lipinski definition) is 0. The number of nitro benzene ring substituents is 1. The maximum Gasteiger partial charge on any atom is 0.273 e. The second-order valence-electron chi connectivity index (χ2n) is 6.20. The Hall–Kier alpha value is -3.46. The molecule has 0 aliphatic carbocycles. The Balaban J connectivity index is 1.77. The first-order valence-corrected chi connectivity index (χ1v) is 9.47. The molecule has 0 unspecified atom stereocenters. The van der Waals surface area contributed by atoms with Crippen LogP contribution < -0.4 is 9.47 Å². The van der Waals surface area contributed by atoms with Crippen molar-refractivity contribution in [2.75, 3.05) is 21.3 Å². The standard InChI is InChI=1S/C20H19N3O5S/c1-22(11-13-5-4-6-15(9-13)23(25)26)20(24)16-12-29-19(21-16)14-7-8-17(27-2)18(10-14)28-3/h4-10,12H,11H2,1-3H3. The number of nitro groups is 1. The summed E-state index contributed by atoms with van der Waals surface area (Å²) in [5, 5.41) is 13.3. The predicted molar refractivity (Wildman–Crippen MR) is 110 cm³/mol. The first kappa shape index (κ1) is 20.3. The van der Waals surface area contributed by atoms with Crippen LogP contribution in [0.3, 0.4) is 0 Å². The third-order valence-electron chi connectivity index (χ3n) is 4.24. The Morgan fingerprint density at radius 3 is 2.62 bits per heavy atom. The van der Waals surface area contributed by atoms with Crippen molar-refractivity contribution in [1.82, 2.24) is 9.88 Å². The van der Waals surface area contributed by atoms with Gasteiger partial charge in [0.25, 0.3) is 11.6 Å². The van der Waals surface area contributed by atoms with Crippen molar-refractivity contribution in [3.8, 4) is 22.1 Å². The summed E-state index contributed by atoms with van der Waals surface area (Å²) >= 11 is 1.35. The van der Waals surface area contributed by atoms with Crippen LogP contribution in [0.1, 0.15) is 16.1 Å². The molecule has 150 valence electrons. The number of non-ortho nitro benzene ring substituents is 1. The maximum absolute atomic E-state index is 12.7. The first-order valence-electron chi connectivity index (χ1n) is 8.59. The highest BCUT2D eigenvalue weighted by Crippen LogP contribution is 2.33. The van der Waals surface area contributed by atoms with E-state index in [4.69, 9.17) is 9.47 Å². The van der Waals surface area contributed by atoms with E-state index in [0.29, 0.717) is 27.8 Å². The summed E-state index contributed by atoms with van der Waals surface area (Å²) in [5.41, 5.74) is 1.79. The van der Waals surface area contributed by atoms with Crippen molar-refractivity contribution < 1.29 is 19.2 Å². The van der Waals surface area contributed by atoms with Crippen LogP contribution in [-0.2, 0) is 6.54 Å². The average molecular weight is 413 g/mol. The van der Waals surface area contributed by atoms with E-state index in [1.165, 1.54) is 28.4 Å². The lowest BCUT2D eigenvalue weighted by molar-refractivity contribution is -0.384. The minimum atomic E-state index is -0.457. The number of carbonyl (C=O) groups is 1. The van der Waals surface area contributed by atoms with E-state index in [0.717, 1.165) is 5.56 Å². The van der Waals surface area contributed by atoms with Gasteiger partial charge < -0.3 is 14.4 Å². The first-order chi connectivity index (χ1) is 13.9.